The third-order valence-electron chi connectivity index (χ3n) is 2.86. The summed E-state index contributed by atoms with van der Waals surface area (Å²) < 4.78 is 3.94. The molecule has 2 heterocycles. The summed E-state index contributed by atoms with van der Waals surface area (Å²) in [6.07, 6.45) is 5.50. The lowest BCUT2D eigenvalue weighted by atomic mass is 10.2. The van der Waals surface area contributed by atoms with Crippen LogP contribution in [0.2, 0.25) is 0 Å². The monoisotopic (exact) mass is 262 g/mol. The summed E-state index contributed by atoms with van der Waals surface area (Å²) in [4.78, 5) is 8.66. The molecule has 0 aromatic carbocycles. The molecule has 2 rings (SSSR count). The standard InChI is InChI=1S/C13H22N6/c1-4-19-13(15-9-17-19)8-18-7-12(16-10-18)6-14-5-11(2)3/h7,9-11,14H,4-6,8H2,1-3H3. The summed E-state index contributed by atoms with van der Waals surface area (Å²) in [7, 11) is 0. The predicted octanol–water partition coefficient (Wildman–Crippen LogP) is 1.29. The molecule has 0 amide bonds. The van der Waals surface area contributed by atoms with Crippen LogP contribution in [0.3, 0.4) is 0 Å². The highest BCUT2D eigenvalue weighted by Crippen LogP contribution is 2.02. The summed E-state index contributed by atoms with van der Waals surface area (Å²) >= 11 is 0. The molecule has 0 spiro atoms. The first-order chi connectivity index (χ1) is 9.19. The van der Waals surface area contributed by atoms with E-state index >= 15 is 0 Å². The number of aromatic nitrogens is 5. The lowest BCUT2D eigenvalue weighted by Crippen LogP contribution is -2.19. The quantitative estimate of drug-likeness (QED) is 0.817. The van der Waals surface area contributed by atoms with Crippen LogP contribution in [-0.2, 0) is 19.6 Å². The molecule has 0 aliphatic heterocycles. The number of hydrogen-bond donors (Lipinski definition) is 1. The van der Waals surface area contributed by atoms with Gasteiger partial charge in [0.1, 0.15) is 12.2 Å². The van der Waals surface area contributed by atoms with E-state index in [4.69, 9.17) is 0 Å². The van der Waals surface area contributed by atoms with Crippen molar-refractivity contribution < 1.29 is 0 Å². The fourth-order valence-electron chi connectivity index (χ4n) is 1.91. The molecular formula is C13H22N6. The van der Waals surface area contributed by atoms with Crippen molar-refractivity contribution in [1.29, 1.82) is 0 Å². The van der Waals surface area contributed by atoms with E-state index in [0.717, 1.165) is 31.2 Å². The Morgan fingerprint density at radius 3 is 2.89 bits per heavy atom. The molecule has 0 radical (unpaired) electrons. The topological polar surface area (TPSA) is 60.6 Å². The van der Waals surface area contributed by atoms with Crippen molar-refractivity contribution in [2.24, 2.45) is 5.92 Å². The van der Waals surface area contributed by atoms with E-state index < -0.39 is 0 Å². The second kappa shape index (κ2) is 6.47. The van der Waals surface area contributed by atoms with Gasteiger partial charge in [0.05, 0.1) is 18.6 Å². The minimum atomic E-state index is 0.658. The van der Waals surface area contributed by atoms with Gasteiger partial charge in [0, 0.05) is 19.3 Å². The molecule has 1 N–H and O–H groups in total. The van der Waals surface area contributed by atoms with Crippen molar-refractivity contribution in [2.75, 3.05) is 6.54 Å². The first-order valence-electron chi connectivity index (χ1n) is 6.77. The van der Waals surface area contributed by atoms with E-state index in [1.165, 1.54) is 0 Å². The molecule has 104 valence electrons. The van der Waals surface area contributed by atoms with E-state index in [9.17, 15) is 0 Å². The second-order valence-corrected chi connectivity index (χ2v) is 5.05. The summed E-state index contributed by atoms with van der Waals surface area (Å²) in [6.45, 7) is 9.83. The molecule has 0 aliphatic rings. The number of nitrogens with zero attached hydrogens (tertiary/aromatic N) is 5. The van der Waals surface area contributed by atoms with Gasteiger partial charge in [-0.15, -0.1) is 0 Å². The van der Waals surface area contributed by atoms with Crippen LogP contribution >= 0.6 is 0 Å². The summed E-state index contributed by atoms with van der Waals surface area (Å²) in [5.74, 6) is 1.62. The van der Waals surface area contributed by atoms with E-state index in [-0.39, 0.29) is 0 Å². The van der Waals surface area contributed by atoms with Crippen LogP contribution in [0.25, 0.3) is 0 Å². The highest BCUT2D eigenvalue weighted by atomic mass is 15.3. The first kappa shape index (κ1) is 13.7. The van der Waals surface area contributed by atoms with Crippen LogP contribution in [0.5, 0.6) is 0 Å². The second-order valence-electron chi connectivity index (χ2n) is 5.05. The summed E-state index contributed by atoms with van der Waals surface area (Å²) in [5.41, 5.74) is 1.06. The normalized spacial score (nSPS) is 11.4. The molecule has 0 saturated carbocycles. The predicted molar refractivity (Wildman–Crippen MR) is 73.6 cm³/mol. The minimum absolute atomic E-state index is 0.658. The van der Waals surface area contributed by atoms with Crippen LogP contribution in [0.1, 0.15) is 32.3 Å². The highest BCUT2D eigenvalue weighted by Gasteiger charge is 2.05. The van der Waals surface area contributed by atoms with Gasteiger partial charge in [0.2, 0.25) is 0 Å². The fraction of sp³-hybridized carbons (Fsp3) is 0.615. The van der Waals surface area contributed by atoms with Crippen LogP contribution in [0, 0.1) is 5.92 Å². The maximum atomic E-state index is 4.39. The lowest BCUT2D eigenvalue weighted by molar-refractivity contribution is 0.548. The van der Waals surface area contributed by atoms with Crippen molar-refractivity contribution in [1.82, 2.24) is 29.6 Å². The van der Waals surface area contributed by atoms with Gasteiger partial charge < -0.3 is 9.88 Å². The van der Waals surface area contributed by atoms with Crippen LogP contribution in [-0.4, -0.2) is 30.9 Å². The Labute approximate surface area is 113 Å². The zero-order chi connectivity index (χ0) is 13.7. The number of nitrogens with one attached hydrogen (secondary N) is 1. The number of imidazole rings is 1. The van der Waals surface area contributed by atoms with Gasteiger partial charge in [0.15, 0.2) is 0 Å². The van der Waals surface area contributed by atoms with Gasteiger partial charge in [-0.2, -0.15) is 5.10 Å². The maximum Gasteiger partial charge on any atom is 0.146 e. The number of rotatable bonds is 7. The average Bonchev–Trinajstić information content (AvgIpc) is 2.98. The average molecular weight is 262 g/mol. The van der Waals surface area contributed by atoms with Gasteiger partial charge in [-0.25, -0.2) is 14.6 Å². The highest BCUT2D eigenvalue weighted by molar-refractivity contribution is 4.98. The van der Waals surface area contributed by atoms with E-state index in [2.05, 4.69) is 47.4 Å². The van der Waals surface area contributed by atoms with Crippen molar-refractivity contribution in [2.45, 2.75) is 40.4 Å². The molecule has 0 saturated heterocycles. The third-order valence-corrected chi connectivity index (χ3v) is 2.86. The van der Waals surface area contributed by atoms with Gasteiger partial charge in [-0.05, 0) is 19.4 Å². The third kappa shape index (κ3) is 3.89. The molecule has 0 fully saturated rings. The zero-order valence-electron chi connectivity index (χ0n) is 11.9. The molecular weight excluding hydrogens is 240 g/mol. The Balaban J connectivity index is 1.90. The van der Waals surface area contributed by atoms with Crippen molar-refractivity contribution >= 4 is 0 Å². The van der Waals surface area contributed by atoms with Gasteiger partial charge >= 0.3 is 0 Å². The van der Waals surface area contributed by atoms with E-state index in [0.29, 0.717) is 12.5 Å². The molecule has 0 atom stereocenters. The first-order valence-corrected chi connectivity index (χ1v) is 6.77. The van der Waals surface area contributed by atoms with E-state index in [1.54, 1.807) is 6.33 Å². The van der Waals surface area contributed by atoms with Crippen LogP contribution < -0.4 is 5.32 Å². The van der Waals surface area contributed by atoms with Crippen LogP contribution in [0.15, 0.2) is 18.9 Å². The maximum absolute atomic E-state index is 4.39. The molecule has 6 heteroatoms. The smallest absolute Gasteiger partial charge is 0.146 e. The molecule has 0 aliphatic carbocycles. The van der Waals surface area contributed by atoms with Crippen molar-refractivity contribution in [3.8, 4) is 0 Å². The van der Waals surface area contributed by atoms with Crippen molar-refractivity contribution in [3.05, 3.63) is 30.4 Å². The Hall–Kier alpha value is -1.69. The zero-order valence-corrected chi connectivity index (χ0v) is 11.9. The molecule has 0 bridgehead atoms. The van der Waals surface area contributed by atoms with Gasteiger partial charge in [0.25, 0.3) is 0 Å². The Kier molecular flexibility index (Phi) is 4.68. The molecule has 0 unspecified atom stereocenters. The van der Waals surface area contributed by atoms with Gasteiger partial charge in [-0.1, -0.05) is 13.8 Å². The van der Waals surface area contributed by atoms with Gasteiger partial charge in [-0.3, -0.25) is 0 Å². The summed E-state index contributed by atoms with van der Waals surface area (Å²) in [6, 6.07) is 0. The molecule has 2 aromatic rings. The Bertz CT molecular complexity index is 499. The number of aryl methyl sites for hydroxylation is 1. The Morgan fingerprint density at radius 2 is 2.16 bits per heavy atom. The minimum Gasteiger partial charge on any atom is -0.330 e. The fourth-order valence-corrected chi connectivity index (χ4v) is 1.91. The van der Waals surface area contributed by atoms with E-state index in [1.807, 2.05) is 15.6 Å². The van der Waals surface area contributed by atoms with Crippen molar-refractivity contribution in [3.63, 3.8) is 0 Å². The molecule has 2 aromatic heterocycles. The molecule has 6 nitrogen and oxygen atoms in total. The largest absolute Gasteiger partial charge is 0.330 e. The molecule has 19 heavy (non-hydrogen) atoms. The van der Waals surface area contributed by atoms with Crippen LogP contribution in [0.4, 0.5) is 0 Å². The number of hydrogen-bond acceptors (Lipinski definition) is 4. The Morgan fingerprint density at radius 1 is 1.32 bits per heavy atom. The summed E-state index contributed by atoms with van der Waals surface area (Å²) in [5, 5.41) is 7.55. The SMILES string of the molecule is CCn1ncnc1Cn1cnc(CNCC(C)C)c1. The lowest BCUT2D eigenvalue weighted by Gasteiger charge is -2.05.